The minimum Gasteiger partial charge on any atom is -0.309 e. The van der Waals surface area contributed by atoms with E-state index in [9.17, 15) is 9.36 Å². The van der Waals surface area contributed by atoms with Crippen LogP contribution in [0.4, 0.5) is 0 Å². The molecule has 2 aromatic rings. The Labute approximate surface area is 117 Å². The molecule has 2 aromatic carbocycles. The number of hydrogen-bond donors (Lipinski definition) is 0. The first kappa shape index (κ1) is 14.7. The van der Waals surface area contributed by atoms with Gasteiger partial charge in [0.2, 0.25) is 0 Å². The molecule has 104 valence electrons. The topological polar surface area (TPSA) is 52.6 Å². The van der Waals surface area contributed by atoms with Crippen LogP contribution in [0.2, 0.25) is 0 Å². The average Bonchev–Trinajstić information content (AvgIpc) is 2.54. The first-order valence-corrected chi connectivity index (χ1v) is 7.57. The second kappa shape index (κ2) is 6.14. The van der Waals surface area contributed by atoms with Gasteiger partial charge in [-0.15, -0.1) is 0 Å². The van der Waals surface area contributed by atoms with E-state index >= 15 is 0 Å². The summed E-state index contributed by atoms with van der Waals surface area (Å²) in [6.45, 7) is 0. The minimum absolute atomic E-state index is 0.212. The van der Waals surface area contributed by atoms with Gasteiger partial charge in [-0.1, -0.05) is 48.5 Å². The molecule has 0 radical (unpaired) electrons. The van der Waals surface area contributed by atoms with Gasteiger partial charge in [0.1, 0.15) is 0 Å². The standard InChI is InChI=1S/C15H15O4P/c1-18-20(17,19-2)14-11-7-6-10-13(14)15(16)12-8-4-3-5-9-12/h3-11H,1-2H3. The summed E-state index contributed by atoms with van der Waals surface area (Å²) in [5.74, 6) is -0.212. The molecule has 0 saturated heterocycles. The van der Waals surface area contributed by atoms with Crippen LogP contribution in [0.5, 0.6) is 0 Å². The van der Waals surface area contributed by atoms with Crippen LogP contribution in [0.1, 0.15) is 15.9 Å². The fourth-order valence-electron chi connectivity index (χ4n) is 1.92. The minimum atomic E-state index is -3.47. The molecule has 0 saturated carbocycles. The Morgan fingerprint density at radius 2 is 1.45 bits per heavy atom. The van der Waals surface area contributed by atoms with Gasteiger partial charge in [0, 0.05) is 25.3 Å². The van der Waals surface area contributed by atoms with E-state index in [0.29, 0.717) is 11.1 Å². The Bertz CT molecular complexity index is 644. The van der Waals surface area contributed by atoms with E-state index < -0.39 is 7.60 Å². The van der Waals surface area contributed by atoms with E-state index in [2.05, 4.69) is 0 Å². The van der Waals surface area contributed by atoms with Crippen molar-refractivity contribution in [3.63, 3.8) is 0 Å². The second-order valence-electron chi connectivity index (χ2n) is 4.07. The number of rotatable bonds is 5. The van der Waals surface area contributed by atoms with Gasteiger partial charge < -0.3 is 9.05 Å². The molecule has 20 heavy (non-hydrogen) atoms. The third-order valence-electron chi connectivity index (χ3n) is 2.96. The Hall–Kier alpha value is -1.74. The third-order valence-corrected chi connectivity index (χ3v) is 4.90. The van der Waals surface area contributed by atoms with Crippen LogP contribution >= 0.6 is 7.60 Å². The molecule has 2 rings (SSSR count). The predicted molar refractivity (Wildman–Crippen MR) is 77.6 cm³/mol. The van der Waals surface area contributed by atoms with Crippen molar-refractivity contribution in [1.29, 1.82) is 0 Å². The van der Waals surface area contributed by atoms with Gasteiger partial charge in [0.25, 0.3) is 0 Å². The lowest BCUT2D eigenvalue weighted by molar-refractivity contribution is 0.103. The lowest BCUT2D eigenvalue weighted by atomic mass is 10.0. The molecule has 0 heterocycles. The van der Waals surface area contributed by atoms with Crippen molar-refractivity contribution in [3.05, 3.63) is 65.7 Å². The van der Waals surface area contributed by atoms with Crippen LogP contribution in [0.25, 0.3) is 0 Å². The van der Waals surface area contributed by atoms with Crippen LogP contribution in [0, 0.1) is 0 Å². The lowest BCUT2D eigenvalue weighted by Gasteiger charge is -2.16. The van der Waals surface area contributed by atoms with Gasteiger partial charge in [-0.3, -0.25) is 9.36 Å². The molecule has 0 unspecified atom stereocenters. The van der Waals surface area contributed by atoms with Crippen LogP contribution < -0.4 is 5.30 Å². The highest BCUT2D eigenvalue weighted by Gasteiger charge is 2.29. The molecule has 0 N–H and O–H groups in total. The van der Waals surface area contributed by atoms with Gasteiger partial charge in [-0.2, -0.15) is 0 Å². The zero-order valence-corrected chi connectivity index (χ0v) is 12.2. The highest BCUT2D eigenvalue weighted by atomic mass is 31.2. The van der Waals surface area contributed by atoms with Gasteiger partial charge in [-0.25, -0.2) is 0 Å². The molecule has 4 nitrogen and oxygen atoms in total. The maximum absolute atomic E-state index is 12.5. The van der Waals surface area contributed by atoms with Crippen LogP contribution in [-0.4, -0.2) is 20.0 Å². The van der Waals surface area contributed by atoms with E-state index in [1.54, 1.807) is 48.5 Å². The Morgan fingerprint density at radius 3 is 2.05 bits per heavy atom. The third kappa shape index (κ3) is 2.73. The number of benzene rings is 2. The summed E-state index contributed by atoms with van der Waals surface area (Å²) < 4.78 is 22.5. The molecule has 0 aliphatic carbocycles. The highest BCUT2D eigenvalue weighted by molar-refractivity contribution is 7.62. The van der Waals surface area contributed by atoms with Gasteiger partial charge in [0.15, 0.2) is 5.78 Å². The number of carbonyl (C=O) groups is 1. The average molecular weight is 290 g/mol. The molecule has 0 fully saturated rings. The Kier molecular flexibility index (Phi) is 4.50. The maximum Gasteiger partial charge on any atom is 0.361 e. The number of ketones is 1. The molecule has 0 aliphatic heterocycles. The molecule has 0 spiro atoms. The summed E-state index contributed by atoms with van der Waals surface area (Å²) >= 11 is 0. The van der Waals surface area contributed by atoms with Gasteiger partial charge in [0.05, 0.1) is 5.30 Å². The second-order valence-corrected chi connectivity index (χ2v) is 6.28. The zero-order chi connectivity index (χ0) is 14.6. The number of hydrogen-bond acceptors (Lipinski definition) is 4. The zero-order valence-electron chi connectivity index (χ0n) is 11.3. The quantitative estimate of drug-likeness (QED) is 0.627. The van der Waals surface area contributed by atoms with Crippen molar-refractivity contribution < 1.29 is 18.4 Å². The molecule has 0 aliphatic rings. The first-order valence-electron chi connectivity index (χ1n) is 6.03. The first-order chi connectivity index (χ1) is 9.62. The van der Waals surface area contributed by atoms with E-state index in [-0.39, 0.29) is 11.1 Å². The summed E-state index contributed by atoms with van der Waals surface area (Å²) in [6, 6.07) is 15.4. The van der Waals surface area contributed by atoms with Crippen molar-refractivity contribution in [2.24, 2.45) is 0 Å². The van der Waals surface area contributed by atoms with Crippen molar-refractivity contribution in [2.45, 2.75) is 0 Å². The van der Waals surface area contributed by atoms with E-state index in [1.165, 1.54) is 14.2 Å². The fraction of sp³-hybridized carbons (Fsp3) is 0.133. The lowest BCUT2D eigenvalue weighted by Crippen LogP contribution is -2.18. The van der Waals surface area contributed by atoms with Gasteiger partial charge >= 0.3 is 7.60 Å². The van der Waals surface area contributed by atoms with Gasteiger partial charge in [-0.05, 0) is 6.07 Å². The van der Waals surface area contributed by atoms with Crippen LogP contribution in [0.3, 0.4) is 0 Å². The molecule has 0 amide bonds. The maximum atomic E-state index is 12.5. The molecular weight excluding hydrogens is 275 g/mol. The van der Waals surface area contributed by atoms with E-state index in [0.717, 1.165) is 0 Å². The van der Waals surface area contributed by atoms with Crippen molar-refractivity contribution in [2.75, 3.05) is 14.2 Å². The van der Waals surface area contributed by atoms with E-state index in [4.69, 9.17) is 9.05 Å². The summed E-state index contributed by atoms with van der Waals surface area (Å²) in [5, 5.41) is 0.277. The Balaban J connectivity index is 2.54. The van der Waals surface area contributed by atoms with Crippen molar-refractivity contribution in [3.8, 4) is 0 Å². The number of carbonyl (C=O) groups excluding carboxylic acids is 1. The summed E-state index contributed by atoms with van der Waals surface area (Å²) in [6.07, 6.45) is 0. The monoisotopic (exact) mass is 290 g/mol. The molecule has 0 bridgehead atoms. The normalized spacial score (nSPS) is 11.3. The molecule has 0 atom stereocenters. The van der Waals surface area contributed by atoms with Crippen LogP contribution in [0.15, 0.2) is 54.6 Å². The van der Waals surface area contributed by atoms with Crippen molar-refractivity contribution >= 4 is 18.7 Å². The summed E-state index contributed by atoms with van der Waals surface area (Å²) in [4.78, 5) is 12.5. The molecule has 5 heteroatoms. The molecule has 0 aromatic heterocycles. The summed E-state index contributed by atoms with van der Waals surface area (Å²) in [5.41, 5.74) is 0.851. The largest absolute Gasteiger partial charge is 0.361 e. The van der Waals surface area contributed by atoms with Crippen LogP contribution in [-0.2, 0) is 13.6 Å². The smallest absolute Gasteiger partial charge is 0.309 e. The SMILES string of the molecule is COP(=O)(OC)c1ccccc1C(=O)c1ccccc1. The predicted octanol–water partition coefficient (Wildman–Crippen LogP) is 3.03. The highest BCUT2D eigenvalue weighted by Crippen LogP contribution is 2.46. The summed E-state index contributed by atoms with van der Waals surface area (Å²) in [7, 11) is -0.867. The Morgan fingerprint density at radius 1 is 0.900 bits per heavy atom. The fourth-order valence-corrected chi connectivity index (χ4v) is 3.20. The molecular formula is C15H15O4P. The van der Waals surface area contributed by atoms with E-state index in [1.807, 2.05) is 6.07 Å². The van der Waals surface area contributed by atoms with Crippen molar-refractivity contribution in [1.82, 2.24) is 0 Å².